The Morgan fingerprint density at radius 3 is 3.07 bits per heavy atom. The Balaban J connectivity index is 2.03. The molecular formula is C12H17ClN2. The monoisotopic (exact) mass is 224 g/mol. The van der Waals surface area contributed by atoms with Crippen LogP contribution in [0.3, 0.4) is 0 Å². The largest absolute Gasteiger partial charge is 0.381 e. The Morgan fingerprint density at radius 1 is 1.53 bits per heavy atom. The highest BCUT2D eigenvalue weighted by molar-refractivity contribution is 6.21. The molecule has 2 unspecified atom stereocenters. The normalized spacial score (nSPS) is 25.5. The average molecular weight is 225 g/mol. The van der Waals surface area contributed by atoms with Gasteiger partial charge in [-0.2, -0.15) is 0 Å². The molecule has 0 bridgehead atoms. The first kappa shape index (κ1) is 10.7. The fourth-order valence-corrected chi connectivity index (χ4v) is 2.40. The van der Waals surface area contributed by atoms with Gasteiger partial charge in [0.2, 0.25) is 0 Å². The molecule has 0 spiro atoms. The van der Waals surface area contributed by atoms with E-state index in [4.69, 9.17) is 11.6 Å². The van der Waals surface area contributed by atoms with Crippen LogP contribution >= 0.6 is 11.6 Å². The third-order valence-electron chi connectivity index (χ3n) is 2.96. The molecule has 82 valence electrons. The van der Waals surface area contributed by atoms with E-state index in [0.717, 1.165) is 24.2 Å². The summed E-state index contributed by atoms with van der Waals surface area (Å²) in [4.78, 5) is 4.28. The number of hydrogen-bond donors (Lipinski definition) is 1. The molecule has 2 nitrogen and oxygen atoms in total. The van der Waals surface area contributed by atoms with E-state index in [9.17, 15) is 0 Å². The molecule has 0 aromatic carbocycles. The topological polar surface area (TPSA) is 24.9 Å². The lowest BCUT2D eigenvalue weighted by molar-refractivity contribution is 0.761. The molecule has 1 aromatic rings. The molecule has 1 aliphatic carbocycles. The van der Waals surface area contributed by atoms with Crippen LogP contribution in [-0.2, 0) is 6.42 Å². The highest BCUT2D eigenvalue weighted by Gasteiger charge is 2.24. The van der Waals surface area contributed by atoms with Crippen LogP contribution in [-0.4, -0.2) is 16.4 Å². The van der Waals surface area contributed by atoms with Crippen LogP contribution in [0.5, 0.6) is 0 Å². The average Bonchev–Trinajstić information content (AvgIpc) is 2.65. The summed E-state index contributed by atoms with van der Waals surface area (Å²) in [7, 11) is 0. The first-order valence-electron chi connectivity index (χ1n) is 5.65. The van der Waals surface area contributed by atoms with Gasteiger partial charge in [-0.05, 0) is 37.8 Å². The van der Waals surface area contributed by atoms with Crippen molar-refractivity contribution in [2.75, 3.05) is 5.32 Å². The number of alkyl halides is 1. The minimum Gasteiger partial charge on any atom is -0.381 e. The Bertz CT molecular complexity index is 327. The van der Waals surface area contributed by atoms with E-state index >= 15 is 0 Å². The van der Waals surface area contributed by atoms with Gasteiger partial charge in [-0.15, -0.1) is 11.6 Å². The van der Waals surface area contributed by atoms with Gasteiger partial charge in [-0.3, -0.25) is 4.98 Å². The molecular weight excluding hydrogens is 208 g/mol. The lowest BCUT2D eigenvalue weighted by Gasteiger charge is -2.17. The van der Waals surface area contributed by atoms with Crippen molar-refractivity contribution in [3.63, 3.8) is 0 Å². The summed E-state index contributed by atoms with van der Waals surface area (Å²) in [6, 6.07) is 4.56. The SMILES string of the molecule is CCc1cc(NC2CCCC2Cl)ccn1. The van der Waals surface area contributed by atoms with Crippen molar-refractivity contribution in [3.8, 4) is 0 Å². The molecule has 2 rings (SSSR count). The highest BCUT2D eigenvalue weighted by atomic mass is 35.5. The lowest BCUT2D eigenvalue weighted by atomic mass is 10.2. The van der Waals surface area contributed by atoms with Gasteiger partial charge >= 0.3 is 0 Å². The second-order valence-corrected chi connectivity index (χ2v) is 4.65. The lowest BCUT2D eigenvalue weighted by Crippen LogP contribution is -2.24. The van der Waals surface area contributed by atoms with Gasteiger partial charge < -0.3 is 5.32 Å². The summed E-state index contributed by atoms with van der Waals surface area (Å²) < 4.78 is 0. The Morgan fingerprint density at radius 2 is 2.40 bits per heavy atom. The summed E-state index contributed by atoms with van der Waals surface area (Å²) in [5.74, 6) is 0. The zero-order valence-electron chi connectivity index (χ0n) is 9.04. The third kappa shape index (κ3) is 2.63. The minimum atomic E-state index is 0.281. The Kier molecular flexibility index (Phi) is 3.47. The summed E-state index contributed by atoms with van der Waals surface area (Å²) in [6.45, 7) is 2.12. The van der Waals surface area contributed by atoms with Crippen molar-refractivity contribution in [2.24, 2.45) is 0 Å². The van der Waals surface area contributed by atoms with E-state index in [0.29, 0.717) is 6.04 Å². The molecule has 0 aliphatic heterocycles. The smallest absolute Gasteiger partial charge is 0.0537 e. The Hall–Kier alpha value is -0.760. The molecule has 1 fully saturated rings. The van der Waals surface area contributed by atoms with Crippen LogP contribution in [0.15, 0.2) is 18.3 Å². The number of aryl methyl sites for hydroxylation is 1. The maximum Gasteiger partial charge on any atom is 0.0537 e. The van der Waals surface area contributed by atoms with Gasteiger partial charge in [-0.25, -0.2) is 0 Å². The van der Waals surface area contributed by atoms with Crippen molar-refractivity contribution < 1.29 is 0 Å². The van der Waals surface area contributed by atoms with Gasteiger partial charge in [0.05, 0.1) is 5.38 Å². The zero-order valence-corrected chi connectivity index (χ0v) is 9.80. The molecule has 1 aliphatic rings. The van der Waals surface area contributed by atoms with E-state index < -0.39 is 0 Å². The molecule has 2 atom stereocenters. The van der Waals surface area contributed by atoms with Crippen molar-refractivity contribution >= 4 is 17.3 Å². The van der Waals surface area contributed by atoms with E-state index in [1.54, 1.807) is 0 Å². The molecule has 0 saturated heterocycles. The molecule has 1 aromatic heterocycles. The summed E-state index contributed by atoms with van der Waals surface area (Å²) in [5, 5.41) is 3.77. The second kappa shape index (κ2) is 4.84. The first-order chi connectivity index (χ1) is 7.29. The van der Waals surface area contributed by atoms with E-state index in [1.807, 2.05) is 12.3 Å². The van der Waals surface area contributed by atoms with Crippen LogP contribution in [0.25, 0.3) is 0 Å². The molecule has 0 amide bonds. The van der Waals surface area contributed by atoms with Gasteiger partial charge in [0, 0.05) is 23.6 Å². The van der Waals surface area contributed by atoms with Gasteiger partial charge in [0.25, 0.3) is 0 Å². The number of pyridine rings is 1. The summed E-state index contributed by atoms with van der Waals surface area (Å²) in [6.07, 6.45) is 6.38. The van der Waals surface area contributed by atoms with Gasteiger partial charge in [0.15, 0.2) is 0 Å². The van der Waals surface area contributed by atoms with Gasteiger partial charge in [-0.1, -0.05) is 6.92 Å². The van der Waals surface area contributed by atoms with Crippen molar-refractivity contribution in [2.45, 2.75) is 44.0 Å². The van der Waals surface area contributed by atoms with Crippen molar-refractivity contribution in [1.82, 2.24) is 4.98 Å². The molecule has 1 heterocycles. The standard InChI is InChI=1S/C12H17ClN2/c1-2-9-8-10(6-7-14-9)15-12-5-3-4-11(12)13/h6-8,11-12H,2-5H2,1H3,(H,14,15). The fraction of sp³-hybridized carbons (Fsp3) is 0.583. The number of aromatic nitrogens is 1. The number of rotatable bonds is 3. The molecule has 0 radical (unpaired) electrons. The summed E-state index contributed by atoms with van der Waals surface area (Å²) in [5.41, 5.74) is 2.28. The van der Waals surface area contributed by atoms with Crippen LogP contribution in [0.2, 0.25) is 0 Å². The number of nitrogens with one attached hydrogen (secondary N) is 1. The molecule has 1 N–H and O–H groups in total. The quantitative estimate of drug-likeness (QED) is 0.798. The van der Waals surface area contributed by atoms with Crippen LogP contribution in [0, 0.1) is 0 Å². The number of nitrogens with zero attached hydrogens (tertiary/aromatic N) is 1. The maximum absolute atomic E-state index is 6.22. The van der Waals surface area contributed by atoms with Crippen LogP contribution in [0.1, 0.15) is 31.9 Å². The van der Waals surface area contributed by atoms with Crippen molar-refractivity contribution in [3.05, 3.63) is 24.0 Å². The maximum atomic E-state index is 6.22. The number of halogens is 1. The Labute approximate surface area is 96.1 Å². The van der Waals surface area contributed by atoms with Crippen molar-refractivity contribution in [1.29, 1.82) is 0 Å². The van der Waals surface area contributed by atoms with Crippen LogP contribution in [0.4, 0.5) is 5.69 Å². The van der Waals surface area contributed by atoms with E-state index in [-0.39, 0.29) is 5.38 Å². The molecule has 15 heavy (non-hydrogen) atoms. The fourth-order valence-electron chi connectivity index (χ4n) is 2.05. The van der Waals surface area contributed by atoms with Gasteiger partial charge in [0.1, 0.15) is 0 Å². The third-order valence-corrected chi connectivity index (χ3v) is 3.48. The minimum absolute atomic E-state index is 0.281. The van der Waals surface area contributed by atoms with E-state index in [1.165, 1.54) is 12.8 Å². The first-order valence-corrected chi connectivity index (χ1v) is 6.08. The predicted octanol–water partition coefficient (Wildman–Crippen LogP) is 3.22. The van der Waals surface area contributed by atoms with Crippen LogP contribution < -0.4 is 5.32 Å². The highest BCUT2D eigenvalue weighted by Crippen LogP contribution is 2.27. The molecule has 1 saturated carbocycles. The zero-order chi connectivity index (χ0) is 10.7. The molecule has 3 heteroatoms. The number of anilines is 1. The van der Waals surface area contributed by atoms with E-state index in [2.05, 4.69) is 23.3 Å². The summed E-state index contributed by atoms with van der Waals surface area (Å²) >= 11 is 6.22. The predicted molar refractivity (Wildman–Crippen MR) is 64.5 cm³/mol. The number of hydrogen-bond acceptors (Lipinski definition) is 2. The second-order valence-electron chi connectivity index (χ2n) is 4.09.